The van der Waals surface area contributed by atoms with Crippen LogP contribution in [-0.2, 0) is 0 Å². The number of hydrogen-bond acceptors (Lipinski definition) is 12. The fraction of sp³-hybridized carbons (Fsp3) is 0. The molecular formula is C59H42Cl4N12O8. The number of pyridine rings is 7. The van der Waals surface area contributed by atoms with Crippen molar-refractivity contribution < 1.29 is 87.6 Å². The predicted molar refractivity (Wildman–Crippen MR) is 293 cm³/mol. The highest BCUT2D eigenvalue weighted by Gasteiger charge is 2.28. The van der Waals surface area contributed by atoms with Gasteiger partial charge in [-0.15, -0.1) is 0 Å². The van der Waals surface area contributed by atoms with Gasteiger partial charge in [0.05, 0.1) is 36.2 Å². The van der Waals surface area contributed by atoms with Crippen LogP contribution >= 0.6 is 0 Å². The lowest BCUT2D eigenvalue weighted by Gasteiger charge is -2.03. The third kappa shape index (κ3) is 14.3. The summed E-state index contributed by atoms with van der Waals surface area (Å²) in [5, 5.41) is 48.1. The van der Waals surface area contributed by atoms with Crippen molar-refractivity contribution in [3.05, 3.63) is 285 Å². The number of hydrogen-bond donors (Lipinski definition) is 1. The Hall–Kier alpha value is -10.5. The van der Waals surface area contributed by atoms with Crippen LogP contribution < -0.4 is 73.6 Å². The average Bonchev–Trinajstić information content (AvgIpc) is 3.67. The van der Waals surface area contributed by atoms with Gasteiger partial charge in [0.2, 0.25) is 11.4 Å². The maximum absolute atomic E-state index is 11.4. The number of halogens is 4. The van der Waals surface area contributed by atoms with Gasteiger partial charge in [-0.2, -0.15) is 18.3 Å². The summed E-state index contributed by atoms with van der Waals surface area (Å²) in [7, 11) is 0. The molecule has 0 spiro atoms. The summed E-state index contributed by atoms with van der Waals surface area (Å²) >= 11 is 0. The summed E-state index contributed by atoms with van der Waals surface area (Å²) < 4.78 is 7.16. The molecule has 0 fully saturated rings. The van der Waals surface area contributed by atoms with Gasteiger partial charge in [-0.05, 0) is 70.8 Å². The molecule has 24 heteroatoms. The van der Waals surface area contributed by atoms with Gasteiger partial charge in [0, 0.05) is 137 Å². The number of nitro benzene ring substituents is 4. The molecule has 2 N–H and O–H groups in total. The van der Waals surface area contributed by atoms with Crippen LogP contribution in [0.2, 0.25) is 0 Å². The number of aromatic nitrogens is 7. The number of nitro groups is 4. The second-order valence-corrected chi connectivity index (χ2v) is 17.6. The van der Waals surface area contributed by atoms with E-state index >= 15 is 0 Å². The van der Waals surface area contributed by atoms with E-state index < -0.39 is 42.4 Å². The lowest BCUT2D eigenvalue weighted by Crippen LogP contribution is -3.00. The number of nitrogens with two attached hydrogens (primary N) is 1. The van der Waals surface area contributed by atoms with Crippen molar-refractivity contribution in [3.8, 4) is 45.0 Å². The Kier molecular flexibility index (Phi) is 20.5. The highest BCUT2D eigenvalue weighted by Crippen LogP contribution is 2.28. The summed E-state index contributed by atoms with van der Waals surface area (Å²) in [6, 6.07) is 52.4. The van der Waals surface area contributed by atoms with Gasteiger partial charge in [-0.25, -0.2) is 0 Å². The van der Waals surface area contributed by atoms with E-state index in [2.05, 4.69) is 122 Å². The molecule has 0 aliphatic heterocycles. The predicted octanol–water partition coefficient (Wildman–Crippen LogP) is -1.62. The highest BCUT2D eigenvalue weighted by molar-refractivity contribution is 5.82. The molecule has 20 nitrogen and oxygen atoms in total. The van der Waals surface area contributed by atoms with Crippen LogP contribution in [0.25, 0.3) is 77.7 Å². The SMILES string of the molecule is Nc1ccc2ncccc2c1.O=[N+]([O-])c1ccc(-[n+]2ccc(-c3cc[n+](-c4ccc([N+](=O)[O-])cc4[N+](=O)[O-])cc3)cc2)c([N+](=O)[O-])c1.[Cl-].[Cl-].[Cl-].[Cl-].c1cnc2ccc(-[n+]3ccc(-c4cc[n+](-c5ccc6ncccc6c5)cc4)cc3)cc2c1. The molecule has 0 radical (unpaired) electrons. The van der Waals surface area contributed by atoms with E-state index in [1.54, 1.807) is 55.2 Å². The molecule has 12 rings (SSSR count). The van der Waals surface area contributed by atoms with Gasteiger partial charge in [-0.1, -0.05) is 18.2 Å². The van der Waals surface area contributed by atoms with Crippen LogP contribution in [0.15, 0.2) is 244 Å². The quantitative estimate of drug-likeness (QED) is 0.0702. The van der Waals surface area contributed by atoms with Crippen LogP contribution in [0.3, 0.4) is 0 Å². The van der Waals surface area contributed by atoms with Crippen molar-refractivity contribution in [2.75, 3.05) is 5.73 Å². The third-order valence-electron chi connectivity index (χ3n) is 12.7. The standard InChI is InChI=1S/C28H20N4.C22H14N6O8.C9H8N2.4ClH/c1-3-23-19-25(5-7-27(23)29-13-1)31-15-9-21(10-16-31)22-11-17-32(18-12-22)26-6-8-28-24(20-26)4-2-14-30-28;29-25(30)17-1-3-19(21(13-17)27(33)34)23-9-5-15(6-10-23)16-7-11-24(12-8-16)20-4-2-18(26(31)32)14-22(20)28(35)36;10-8-3-4-9-7(6-8)2-1-5-11-9;;;;/h1-20H;1-14H;1-6H,10H2;4*1H/q2*+2;;;;;/p-4. The lowest BCUT2D eigenvalue weighted by atomic mass is 10.1. The zero-order chi connectivity index (χ0) is 55.0. The van der Waals surface area contributed by atoms with Crippen molar-refractivity contribution in [1.29, 1.82) is 0 Å². The number of non-ortho nitro benzene ring substituents is 2. The smallest absolute Gasteiger partial charge is 0.347 e. The van der Waals surface area contributed by atoms with E-state index in [0.29, 0.717) is 0 Å². The molecule has 414 valence electrons. The molecule has 0 aliphatic rings. The maximum Gasteiger partial charge on any atom is 0.347 e. The summed E-state index contributed by atoms with van der Waals surface area (Å²) in [4.78, 5) is 54.9. The van der Waals surface area contributed by atoms with E-state index in [-0.39, 0.29) is 61.0 Å². The molecular weight excluding hydrogens is 1150 g/mol. The molecule has 7 heterocycles. The number of nitrogens with zero attached hydrogens (tertiary/aromatic N) is 11. The van der Waals surface area contributed by atoms with Gasteiger partial charge in [0.1, 0.15) is 12.1 Å². The Morgan fingerprint density at radius 2 is 0.651 bits per heavy atom. The van der Waals surface area contributed by atoms with Crippen LogP contribution in [0.5, 0.6) is 0 Å². The van der Waals surface area contributed by atoms with Gasteiger partial charge >= 0.3 is 11.4 Å². The molecule has 0 unspecified atom stereocenters. The van der Waals surface area contributed by atoms with E-state index in [1.165, 1.54) is 44.5 Å². The van der Waals surface area contributed by atoms with Crippen molar-refractivity contribution in [2.24, 2.45) is 0 Å². The first-order valence-corrected chi connectivity index (χ1v) is 24.1. The first kappa shape index (κ1) is 61.7. The molecule has 0 atom stereocenters. The largest absolute Gasteiger partial charge is 1.00 e. The van der Waals surface area contributed by atoms with E-state index in [1.807, 2.05) is 54.9 Å². The van der Waals surface area contributed by atoms with Crippen molar-refractivity contribution in [1.82, 2.24) is 15.0 Å². The molecule has 7 aromatic heterocycles. The van der Waals surface area contributed by atoms with Gasteiger partial charge in [0.15, 0.2) is 49.6 Å². The molecule has 0 bridgehead atoms. The first-order valence-electron chi connectivity index (χ1n) is 24.1. The van der Waals surface area contributed by atoms with Crippen LogP contribution in [0.4, 0.5) is 28.4 Å². The molecule has 83 heavy (non-hydrogen) atoms. The monoisotopic (exact) mass is 1190 g/mol. The minimum Gasteiger partial charge on any atom is -1.00 e. The number of nitrogen functional groups attached to an aromatic ring is 1. The molecule has 0 saturated heterocycles. The van der Waals surface area contributed by atoms with Gasteiger partial charge in [-0.3, -0.25) is 55.4 Å². The Bertz CT molecular complexity index is 4070. The minimum absolute atomic E-state index is 0. The second-order valence-electron chi connectivity index (χ2n) is 17.6. The molecule has 0 amide bonds. The molecule has 12 aromatic rings. The number of benzene rings is 5. The summed E-state index contributed by atoms with van der Waals surface area (Å²) in [5.74, 6) is 0. The Balaban J connectivity index is 0.000000216. The average molecular weight is 1190 g/mol. The normalized spacial score (nSPS) is 10.2. The Morgan fingerprint density at radius 3 is 0.976 bits per heavy atom. The summed E-state index contributed by atoms with van der Waals surface area (Å²) in [6.45, 7) is 0. The van der Waals surface area contributed by atoms with E-state index in [0.717, 1.165) is 73.0 Å². The van der Waals surface area contributed by atoms with E-state index in [4.69, 9.17) is 5.73 Å². The fourth-order valence-electron chi connectivity index (χ4n) is 8.66. The highest BCUT2D eigenvalue weighted by atomic mass is 35.5. The molecule has 5 aromatic carbocycles. The van der Waals surface area contributed by atoms with Gasteiger partial charge in [0.25, 0.3) is 22.7 Å². The zero-order valence-electron chi connectivity index (χ0n) is 42.9. The summed E-state index contributed by atoms with van der Waals surface area (Å²) in [6.07, 6.45) is 20.1. The first-order chi connectivity index (χ1) is 38.3. The number of anilines is 1. The van der Waals surface area contributed by atoms with Crippen molar-refractivity contribution in [3.63, 3.8) is 0 Å². The third-order valence-corrected chi connectivity index (χ3v) is 12.7. The Labute approximate surface area is 496 Å². The van der Waals surface area contributed by atoms with Crippen LogP contribution in [0, 0.1) is 40.5 Å². The van der Waals surface area contributed by atoms with Crippen molar-refractivity contribution in [2.45, 2.75) is 0 Å². The topological polar surface area (TPSA) is 253 Å². The lowest BCUT2D eigenvalue weighted by molar-refractivity contribution is -0.601. The summed E-state index contributed by atoms with van der Waals surface area (Å²) in [5.41, 5.74) is 14.1. The second kappa shape index (κ2) is 27.6. The van der Waals surface area contributed by atoms with Crippen LogP contribution in [-0.4, -0.2) is 34.6 Å². The Morgan fingerprint density at radius 1 is 0.337 bits per heavy atom. The van der Waals surface area contributed by atoms with Crippen LogP contribution in [0.1, 0.15) is 0 Å². The van der Waals surface area contributed by atoms with Gasteiger partial charge < -0.3 is 55.4 Å². The maximum atomic E-state index is 11.4. The fourth-order valence-corrected chi connectivity index (χ4v) is 8.66. The number of rotatable bonds is 10. The zero-order valence-corrected chi connectivity index (χ0v) is 45.9. The van der Waals surface area contributed by atoms with E-state index in [9.17, 15) is 40.5 Å². The molecule has 0 saturated carbocycles. The molecule has 0 aliphatic carbocycles. The number of fused-ring (bicyclic) bond motifs is 3. The minimum atomic E-state index is -0.711. The van der Waals surface area contributed by atoms with Crippen molar-refractivity contribution >= 4 is 61.1 Å².